The minimum absolute atomic E-state index is 0.0467. The maximum Gasteiger partial charge on any atom is 0.233 e. The molecule has 1 saturated carbocycles. The molecule has 1 aliphatic carbocycles. The lowest BCUT2D eigenvalue weighted by molar-refractivity contribution is -0.120. The standard InChI is InChI=1S/C22H22FN3OS/c1-14(21(27)24-17-6-2-3-7-17)28-22-19-9-5-4-8-18(19)20(25-26-22)15-10-12-16(23)13-11-15/h4-5,8-14,17H,2-3,6-7H2,1H3,(H,24,27). The summed E-state index contributed by atoms with van der Waals surface area (Å²) >= 11 is 1.43. The summed E-state index contributed by atoms with van der Waals surface area (Å²) in [5, 5.41) is 14.3. The van der Waals surface area contributed by atoms with Gasteiger partial charge in [-0.25, -0.2) is 4.39 Å². The van der Waals surface area contributed by atoms with E-state index in [1.807, 2.05) is 31.2 Å². The third-order valence-corrected chi connectivity index (χ3v) is 6.22. The molecule has 4 nitrogen and oxygen atoms in total. The first kappa shape index (κ1) is 18.9. The monoisotopic (exact) mass is 395 g/mol. The number of carbonyl (C=O) groups is 1. The molecule has 1 amide bonds. The van der Waals surface area contributed by atoms with Crippen molar-refractivity contribution in [2.75, 3.05) is 0 Å². The summed E-state index contributed by atoms with van der Waals surface area (Å²) in [6, 6.07) is 14.4. The fourth-order valence-electron chi connectivity index (χ4n) is 3.60. The maximum absolute atomic E-state index is 13.3. The van der Waals surface area contributed by atoms with Gasteiger partial charge in [0.15, 0.2) is 0 Å². The van der Waals surface area contributed by atoms with Gasteiger partial charge in [-0.3, -0.25) is 4.79 Å². The van der Waals surface area contributed by atoms with Crippen molar-refractivity contribution in [1.29, 1.82) is 0 Å². The molecular formula is C22H22FN3OS. The highest BCUT2D eigenvalue weighted by atomic mass is 32.2. The lowest BCUT2D eigenvalue weighted by atomic mass is 10.1. The molecule has 1 N–H and O–H groups in total. The maximum atomic E-state index is 13.3. The average molecular weight is 396 g/mol. The van der Waals surface area contributed by atoms with Crippen LogP contribution >= 0.6 is 11.8 Å². The zero-order chi connectivity index (χ0) is 19.5. The highest BCUT2D eigenvalue weighted by Crippen LogP contribution is 2.33. The normalized spacial score (nSPS) is 15.6. The van der Waals surface area contributed by atoms with Crippen molar-refractivity contribution >= 4 is 28.4 Å². The van der Waals surface area contributed by atoms with Gasteiger partial charge < -0.3 is 5.32 Å². The molecule has 0 radical (unpaired) electrons. The van der Waals surface area contributed by atoms with Crippen molar-refractivity contribution in [3.63, 3.8) is 0 Å². The number of rotatable bonds is 5. The van der Waals surface area contributed by atoms with Crippen LogP contribution in [0.1, 0.15) is 32.6 Å². The Labute approximate surface area is 167 Å². The first-order chi connectivity index (χ1) is 13.6. The number of amides is 1. The van der Waals surface area contributed by atoms with Crippen LogP contribution in [0.2, 0.25) is 0 Å². The Balaban J connectivity index is 1.60. The lowest BCUT2D eigenvalue weighted by Crippen LogP contribution is -2.37. The molecule has 0 bridgehead atoms. The molecule has 144 valence electrons. The van der Waals surface area contributed by atoms with Gasteiger partial charge in [0.05, 0.1) is 5.25 Å². The molecule has 0 saturated heterocycles. The number of thioether (sulfide) groups is 1. The van der Waals surface area contributed by atoms with Crippen LogP contribution in [0.15, 0.2) is 53.6 Å². The SMILES string of the molecule is CC(Sc1nnc(-c2ccc(F)cc2)c2ccccc12)C(=O)NC1CCCC1. The van der Waals surface area contributed by atoms with Gasteiger partial charge in [-0.05, 0) is 44.0 Å². The Kier molecular flexibility index (Phi) is 5.57. The molecule has 1 fully saturated rings. The van der Waals surface area contributed by atoms with E-state index in [0.717, 1.165) is 34.2 Å². The van der Waals surface area contributed by atoms with E-state index in [9.17, 15) is 9.18 Å². The largest absolute Gasteiger partial charge is 0.352 e. The number of halogens is 1. The highest BCUT2D eigenvalue weighted by molar-refractivity contribution is 8.00. The molecule has 1 unspecified atom stereocenters. The molecule has 6 heteroatoms. The highest BCUT2D eigenvalue weighted by Gasteiger charge is 2.23. The summed E-state index contributed by atoms with van der Waals surface area (Å²) in [7, 11) is 0. The van der Waals surface area contributed by atoms with Gasteiger partial charge >= 0.3 is 0 Å². The summed E-state index contributed by atoms with van der Waals surface area (Å²) in [5.41, 5.74) is 1.52. The number of nitrogens with zero attached hydrogens (tertiary/aromatic N) is 2. The average Bonchev–Trinajstić information content (AvgIpc) is 3.22. The second-order valence-electron chi connectivity index (χ2n) is 7.16. The van der Waals surface area contributed by atoms with Gasteiger partial charge in [0.2, 0.25) is 5.91 Å². The predicted molar refractivity (Wildman–Crippen MR) is 111 cm³/mol. The Morgan fingerprint density at radius 1 is 1.07 bits per heavy atom. The molecule has 0 aliphatic heterocycles. The molecule has 1 heterocycles. The van der Waals surface area contributed by atoms with E-state index in [0.29, 0.717) is 11.7 Å². The predicted octanol–water partition coefficient (Wildman–Crippen LogP) is 4.98. The third-order valence-electron chi connectivity index (χ3n) is 5.13. The fourth-order valence-corrected chi connectivity index (χ4v) is 4.50. The van der Waals surface area contributed by atoms with Crippen LogP contribution in [0.4, 0.5) is 4.39 Å². The minimum Gasteiger partial charge on any atom is -0.352 e. The topological polar surface area (TPSA) is 54.9 Å². The van der Waals surface area contributed by atoms with Crippen LogP contribution < -0.4 is 5.32 Å². The van der Waals surface area contributed by atoms with E-state index in [-0.39, 0.29) is 17.0 Å². The van der Waals surface area contributed by atoms with Gasteiger partial charge in [-0.2, -0.15) is 0 Å². The first-order valence-electron chi connectivity index (χ1n) is 9.60. The summed E-state index contributed by atoms with van der Waals surface area (Å²) in [5.74, 6) is -0.235. The van der Waals surface area contributed by atoms with E-state index in [1.165, 1.54) is 36.7 Å². The molecule has 3 aromatic rings. The molecule has 0 spiro atoms. The Bertz CT molecular complexity index is 987. The zero-order valence-electron chi connectivity index (χ0n) is 15.7. The number of carbonyl (C=O) groups excluding carboxylic acids is 1. The quantitative estimate of drug-likeness (QED) is 0.620. The number of nitrogens with one attached hydrogen (secondary N) is 1. The summed E-state index contributed by atoms with van der Waals surface area (Å²) in [4.78, 5) is 12.5. The smallest absolute Gasteiger partial charge is 0.233 e. The van der Waals surface area contributed by atoms with Gasteiger partial charge in [-0.1, -0.05) is 48.9 Å². The molecule has 28 heavy (non-hydrogen) atoms. The Morgan fingerprint density at radius 2 is 1.75 bits per heavy atom. The molecular weight excluding hydrogens is 373 g/mol. The third kappa shape index (κ3) is 4.02. The Hall–Kier alpha value is -2.47. The number of fused-ring (bicyclic) bond motifs is 1. The molecule has 1 aromatic heterocycles. The zero-order valence-corrected chi connectivity index (χ0v) is 16.5. The van der Waals surface area contributed by atoms with Crippen molar-refractivity contribution < 1.29 is 9.18 Å². The molecule has 4 rings (SSSR count). The summed E-state index contributed by atoms with van der Waals surface area (Å²) in [6.45, 7) is 1.90. The van der Waals surface area contributed by atoms with Gasteiger partial charge in [0.1, 0.15) is 16.5 Å². The molecule has 1 aliphatic rings. The van der Waals surface area contributed by atoms with Gasteiger partial charge in [-0.15, -0.1) is 10.2 Å². The van der Waals surface area contributed by atoms with Crippen LogP contribution in [0.3, 0.4) is 0 Å². The molecule has 1 atom stereocenters. The Morgan fingerprint density at radius 3 is 2.46 bits per heavy atom. The van der Waals surface area contributed by atoms with Gasteiger partial charge in [0, 0.05) is 22.4 Å². The number of hydrogen-bond donors (Lipinski definition) is 1. The number of hydrogen-bond acceptors (Lipinski definition) is 4. The van der Waals surface area contributed by atoms with Gasteiger partial charge in [0.25, 0.3) is 0 Å². The van der Waals surface area contributed by atoms with Crippen molar-refractivity contribution in [3.05, 3.63) is 54.3 Å². The van der Waals surface area contributed by atoms with Crippen molar-refractivity contribution in [2.24, 2.45) is 0 Å². The second kappa shape index (κ2) is 8.27. The lowest BCUT2D eigenvalue weighted by Gasteiger charge is -2.17. The number of aromatic nitrogens is 2. The van der Waals surface area contributed by atoms with Crippen molar-refractivity contribution in [3.8, 4) is 11.3 Å². The first-order valence-corrected chi connectivity index (χ1v) is 10.5. The van der Waals surface area contributed by atoms with E-state index in [4.69, 9.17) is 0 Å². The van der Waals surface area contributed by atoms with E-state index in [2.05, 4.69) is 15.5 Å². The van der Waals surface area contributed by atoms with Crippen LogP contribution in [0.25, 0.3) is 22.0 Å². The van der Waals surface area contributed by atoms with E-state index in [1.54, 1.807) is 12.1 Å². The molecule has 2 aromatic carbocycles. The second-order valence-corrected chi connectivity index (χ2v) is 8.49. The van der Waals surface area contributed by atoms with Crippen LogP contribution in [-0.4, -0.2) is 27.4 Å². The summed E-state index contributed by atoms with van der Waals surface area (Å²) < 4.78 is 13.3. The van der Waals surface area contributed by atoms with E-state index >= 15 is 0 Å². The van der Waals surface area contributed by atoms with Crippen molar-refractivity contribution in [2.45, 2.75) is 48.9 Å². The van der Waals surface area contributed by atoms with E-state index < -0.39 is 0 Å². The van der Waals surface area contributed by atoms with Crippen LogP contribution in [0, 0.1) is 5.82 Å². The van der Waals surface area contributed by atoms with Crippen LogP contribution in [0.5, 0.6) is 0 Å². The number of benzene rings is 2. The summed E-state index contributed by atoms with van der Waals surface area (Å²) in [6.07, 6.45) is 4.51. The minimum atomic E-state index is -0.282. The van der Waals surface area contributed by atoms with Crippen molar-refractivity contribution in [1.82, 2.24) is 15.5 Å². The fraction of sp³-hybridized carbons (Fsp3) is 0.318. The van der Waals surface area contributed by atoms with Crippen LogP contribution in [-0.2, 0) is 4.79 Å².